The van der Waals surface area contributed by atoms with Crippen molar-refractivity contribution in [1.82, 2.24) is 10.2 Å². The minimum Gasteiger partial charge on any atom is -0.444 e. The van der Waals surface area contributed by atoms with Crippen molar-refractivity contribution in [3.05, 3.63) is 22.4 Å². The average molecular weight is 295 g/mol. The van der Waals surface area contributed by atoms with Gasteiger partial charge in [-0.15, -0.1) is 11.3 Å². The molecule has 6 heteroatoms. The lowest BCUT2D eigenvalue weighted by Crippen LogP contribution is -2.47. The molecule has 0 atom stereocenters. The fourth-order valence-electron chi connectivity index (χ4n) is 1.81. The van der Waals surface area contributed by atoms with E-state index in [4.69, 9.17) is 4.74 Å². The van der Waals surface area contributed by atoms with Crippen molar-refractivity contribution < 1.29 is 9.53 Å². The van der Waals surface area contributed by atoms with E-state index in [-0.39, 0.29) is 6.09 Å². The van der Waals surface area contributed by atoms with E-state index >= 15 is 0 Å². The number of thiophene rings is 1. The lowest BCUT2D eigenvalue weighted by molar-refractivity contribution is 0.0276. The maximum Gasteiger partial charge on any atom is 0.410 e. The molecule has 0 saturated heterocycles. The summed E-state index contributed by atoms with van der Waals surface area (Å²) in [5.74, 6) is 0.843. The van der Waals surface area contributed by atoms with Crippen molar-refractivity contribution in [3.63, 3.8) is 0 Å². The van der Waals surface area contributed by atoms with Crippen LogP contribution in [-0.2, 0) is 11.3 Å². The Morgan fingerprint density at radius 2 is 2.35 bits per heavy atom. The Hall–Kier alpha value is -1.56. The van der Waals surface area contributed by atoms with Gasteiger partial charge in [0.05, 0.1) is 19.6 Å². The summed E-state index contributed by atoms with van der Waals surface area (Å²) >= 11 is 1.70. The summed E-state index contributed by atoms with van der Waals surface area (Å²) in [5, 5.41) is 5.33. The van der Waals surface area contributed by atoms with Gasteiger partial charge in [0, 0.05) is 11.4 Å². The first kappa shape index (κ1) is 14.8. The first-order chi connectivity index (χ1) is 9.44. The summed E-state index contributed by atoms with van der Waals surface area (Å²) in [5.41, 5.74) is -0.462. The number of amidine groups is 1. The molecule has 0 radical (unpaired) electrons. The number of ether oxygens (including phenoxy) is 1. The van der Waals surface area contributed by atoms with Crippen molar-refractivity contribution in [2.75, 3.05) is 19.6 Å². The minimum atomic E-state index is -0.462. The van der Waals surface area contributed by atoms with Gasteiger partial charge < -0.3 is 10.1 Å². The molecule has 0 spiro atoms. The van der Waals surface area contributed by atoms with Gasteiger partial charge in [-0.3, -0.25) is 9.89 Å². The van der Waals surface area contributed by atoms with E-state index in [1.807, 2.05) is 32.2 Å². The Morgan fingerprint density at radius 3 is 3.00 bits per heavy atom. The van der Waals surface area contributed by atoms with Crippen molar-refractivity contribution in [2.24, 2.45) is 4.99 Å². The second kappa shape index (κ2) is 6.26. The molecule has 2 rings (SSSR count). The predicted molar refractivity (Wildman–Crippen MR) is 81.3 cm³/mol. The lowest BCUT2D eigenvalue weighted by atomic mass is 10.2. The van der Waals surface area contributed by atoms with Crippen LogP contribution in [0.5, 0.6) is 0 Å². The fraction of sp³-hybridized carbons (Fsp3) is 0.571. The zero-order valence-electron chi connectivity index (χ0n) is 12.2. The summed E-state index contributed by atoms with van der Waals surface area (Å²) in [6.07, 6.45) is -0.275. The number of nitrogens with zero attached hydrogens (tertiary/aromatic N) is 2. The summed E-state index contributed by atoms with van der Waals surface area (Å²) in [7, 11) is 0. The highest BCUT2D eigenvalue weighted by molar-refractivity contribution is 7.09. The van der Waals surface area contributed by atoms with Crippen LogP contribution < -0.4 is 5.32 Å². The van der Waals surface area contributed by atoms with Crippen LogP contribution in [0, 0.1) is 0 Å². The molecule has 0 aromatic carbocycles. The number of aliphatic imine (C=N–C) groups is 1. The molecule has 110 valence electrons. The fourth-order valence-corrected chi connectivity index (χ4v) is 2.46. The van der Waals surface area contributed by atoms with Crippen molar-refractivity contribution in [3.8, 4) is 0 Å². The Balaban J connectivity index is 1.84. The molecule has 0 fully saturated rings. The van der Waals surface area contributed by atoms with Crippen LogP contribution in [0.3, 0.4) is 0 Å². The number of rotatable bonds is 2. The van der Waals surface area contributed by atoms with Gasteiger partial charge in [0.15, 0.2) is 0 Å². The van der Waals surface area contributed by atoms with Gasteiger partial charge in [-0.2, -0.15) is 0 Å². The molecule has 1 aromatic rings. The van der Waals surface area contributed by atoms with Gasteiger partial charge in [-0.05, 0) is 32.2 Å². The number of hydrogen-bond acceptors (Lipinski definition) is 5. The Labute approximate surface area is 123 Å². The Kier molecular flexibility index (Phi) is 4.65. The van der Waals surface area contributed by atoms with E-state index in [0.29, 0.717) is 19.6 Å². The molecule has 1 amide bonds. The van der Waals surface area contributed by atoms with E-state index in [2.05, 4.69) is 16.4 Å². The summed E-state index contributed by atoms with van der Waals surface area (Å²) in [6.45, 7) is 8.08. The van der Waals surface area contributed by atoms with Crippen molar-refractivity contribution in [1.29, 1.82) is 0 Å². The second-order valence-electron chi connectivity index (χ2n) is 5.66. The van der Waals surface area contributed by atoms with Crippen LogP contribution >= 0.6 is 11.3 Å². The summed E-state index contributed by atoms with van der Waals surface area (Å²) < 4.78 is 5.38. The van der Waals surface area contributed by atoms with Gasteiger partial charge >= 0.3 is 6.09 Å². The highest BCUT2D eigenvalue weighted by atomic mass is 32.1. The first-order valence-electron chi connectivity index (χ1n) is 6.71. The molecule has 2 heterocycles. The SMILES string of the molecule is CC(C)(C)OC(=O)N1CCN=C(NCc2cccs2)C1. The number of carbonyl (C=O) groups excluding carboxylic acids is 1. The third-order valence-electron chi connectivity index (χ3n) is 2.71. The van der Waals surface area contributed by atoms with Gasteiger partial charge in [0.1, 0.15) is 11.4 Å². The molecule has 0 unspecified atom stereocenters. The van der Waals surface area contributed by atoms with Crippen LogP contribution in [-0.4, -0.2) is 42.1 Å². The zero-order chi connectivity index (χ0) is 14.6. The molecule has 20 heavy (non-hydrogen) atoms. The van der Waals surface area contributed by atoms with E-state index in [9.17, 15) is 4.79 Å². The minimum absolute atomic E-state index is 0.275. The summed E-state index contributed by atoms with van der Waals surface area (Å²) in [6, 6.07) is 4.10. The monoisotopic (exact) mass is 295 g/mol. The molecular weight excluding hydrogens is 274 g/mol. The molecule has 1 aliphatic rings. The predicted octanol–water partition coefficient (Wildman–Crippen LogP) is 2.49. The van der Waals surface area contributed by atoms with Gasteiger partial charge in [0.2, 0.25) is 0 Å². The highest BCUT2D eigenvalue weighted by Crippen LogP contribution is 2.11. The van der Waals surface area contributed by atoms with Crippen molar-refractivity contribution in [2.45, 2.75) is 32.9 Å². The van der Waals surface area contributed by atoms with Crippen LogP contribution in [0.15, 0.2) is 22.5 Å². The van der Waals surface area contributed by atoms with Gasteiger partial charge in [-0.25, -0.2) is 4.79 Å². The van der Waals surface area contributed by atoms with Gasteiger partial charge in [-0.1, -0.05) is 6.07 Å². The van der Waals surface area contributed by atoms with Crippen LogP contribution in [0.1, 0.15) is 25.6 Å². The van der Waals surface area contributed by atoms with E-state index < -0.39 is 5.60 Å². The number of nitrogens with one attached hydrogen (secondary N) is 1. The second-order valence-corrected chi connectivity index (χ2v) is 6.70. The standard InChI is InChI=1S/C14H21N3O2S/c1-14(2,3)19-13(18)17-7-6-15-12(10-17)16-9-11-5-4-8-20-11/h4-5,8H,6-7,9-10H2,1-3H3,(H,15,16). The highest BCUT2D eigenvalue weighted by Gasteiger charge is 2.24. The smallest absolute Gasteiger partial charge is 0.410 e. The zero-order valence-corrected chi connectivity index (χ0v) is 13.0. The maximum absolute atomic E-state index is 12.0. The van der Waals surface area contributed by atoms with Crippen LogP contribution in [0.2, 0.25) is 0 Å². The van der Waals surface area contributed by atoms with E-state index in [1.165, 1.54) is 4.88 Å². The lowest BCUT2D eigenvalue weighted by Gasteiger charge is -2.29. The average Bonchev–Trinajstić information content (AvgIpc) is 2.88. The number of hydrogen-bond donors (Lipinski definition) is 1. The molecular formula is C14H21N3O2S. The maximum atomic E-state index is 12.0. The normalized spacial score (nSPS) is 15.8. The molecule has 1 aliphatic heterocycles. The topological polar surface area (TPSA) is 53.9 Å². The number of carbonyl (C=O) groups is 1. The third kappa shape index (κ3) is 4.52. The molecule has 0 bridgehead atoms. The van der Waals surface area contributed by atoms with Gasteiger partial charge in [0.25, 0.3) is 0 Å². The van der Waals surface area contributed by atoms with Crippen molar-refractivity contribution >= 4 is 23.3 Å². The van der Waals surface area contributed by atoms with Crippen LogP contribution in [0.25, 0.3) is 0 Å². The van der Waals surface area contributed by atoms with Crippen LogP contribution in [0.4, 0.5) is 4.79 Å². The quantitative estimate of drug-likeness (QED) is 0.912. The van der Waals surface area contributed by atoms with E-state index in [0.717, 1.165) is 12.4 Å². The Morgan fingerprint density at radius 1 is 1.55 bits per heavy atom. The molecule has 0 aliphatic carbocycles. The molecule has 1 aromatic heterocycles. The van der Waals surface area contributed by atoms with E-state index in [1.54, 1.807) is 16.2 Å². The third-order valence-corrected chi connectivity index (χ3v) is 3.59. The largest absolute Gasteiger partial charge is 0.444 e. The summed E-state index contributed by atoms with van der Waals surface area (Å²) in [4.78, 5) is 19.4. The first-order valence-corrected chi connectivity index (χ1v) is 7.59. The Bertz CT molecular complexity index is 477. The molecule has 1 N–H and O–H groups in total. The molecule has 5 nitrogen and oxygen atoms in total. The molecule has 0 saturated carbocycles. The number of amides is 1.